The first kappa shape index (κ1) is 11.6. The third kappa shape index (κ3) is 2.00. The van der Waals surface area contributed by atoms with Crippen LogP contribution in [-0.4, -0.2) is 10.1 Å². The minimum absolute atomic E-state index is 0.306. The van der Waals surface area contributed by atoms with Crippen LogP contribution in [0.1, 0.15) is 34.9 Å². The third-order valence-corrected chi connectivity index (χ3v) is 3.80. The molecule has 0 radical (unpaired) electrons. The lowest BCUT2D eigenvalue weighted by Crippen LogP contribution is -2.19. The number of halogens is 1. The van der Waals surface area contributed by atoms with Gasteiger partial charge in [-0.2, -0.15) is 0 Å². The minimum Gasteiger partial charge on any atom is -0.483 e. The zero-order valence-corrected chi connectivity index (χ0v) is 10.6. The molecule has 0 saturated heterocycles. The van der Waals surface area contributed by atoms with Gasteiger partial charge in [0.15, 0.2) is 0 Å². The molecule has 2 atom stereocenters. The van der Waals surface area contributed by atoms with Crippen LogP contribution in [0.15, 0.2) is 23.6 Å². The highest BCUT2D eigenvalue weighted by Crippen LogP contribution is 2.40. The first-order valence-electron chi connectivity index (χ1n) is 5.69. The lowest BCUT2D eigenvalue weighted by molar-refractivity contribution is 0.0635. The van der Waals surface area contributed by atoms with Gasteiger partial charge in [0.1, 0.15) is 17.7 Å². The number of fused-ring (bicyclic) bond motifs is 1. The average molecular weight is 265 g/mol. The van der Waals surface area contributed by atoms with Gasteiger partial charge in [0, 0.05) is 23.4 Å². The van der Waals surface area contributed by atoms with Crippen molar-refractivity contribution >= 4 is 11.3 Å². The lowest BCUT2D eigenvalue weighted by Gasteiger charge is -2.28. The summed E-state index contributed by atoms with van der Waals surface area (Å²) in [5.41, 5.74) is 1.44. The largest absolute Gasteiger partial charge is 0.483 e. The number of aliphatic hydroxyl groups is 1. The highest BCUT2D eigenvalue weighted by atomic mass is 32.1. The summed E-state index contributed by atoms with van der Waals surface area (Å²) in [6, 6.07) is 4.21. The van der Waals surface area contributed by atoms with Crippen LogP contribution < -0.4 is 4.74 Å². The summed E-state index contributed by atoms with van der Waals surface area (Å²) in [6.45, 7) is 1.92. The van der Waals surface area contributed by atoms with Gasteiger partial charge in [-0.3, -0.25) is 0 Å². The molecule has 1 aliphatic rings. The number of hydrogen-bond donors (Lipinski definition) is 1. The minimum atomic E-state index is -0.638. The third-order valence-electron chi connectivity index (χ3n) is 3.01. The van der Waals surface area contributed by atoms with E-state index in [9.17, 15) is 9.50 Å². The monoisotopic (exact) mass is 265 g/mol. The van der Waals surface area contributed by atoms with Crippen LogP contribution in [0.2, 0.25) is 0 Å². The summed E-state index contributed by atoms with van der Waals surface area (Å²) in [4.78, 5) is 4.35. The van der Waals surface area contributed by atoms with Crippen molar-refractivity contribution in [2.24, 2.45) is 0 Å². The Morgan fingerprint density at radius 1 is 1.50 bits per heavy atom. The van der Waals surface area contributed by atoms with Crippen LogP contribution >= 0.6 is 11.3 Å². The molecule has 5 heteroatoms. The highest BCUT2D eigenvalue weighted by molar-refractivity contribution is 7.09. The SMILES string of the molecule is Cc1nc(C2C[C@@H](O)c3ccc(F)cc3O2)cs1. The van der Waals surface area contributed by atoms with Gasteiger partial charge in [-0.1, -0.05) is 0 Å². The van der Waals surface area contributed by atoms with Gasteiger partial charge >= 0.3 is 0 Å². The van der Waals surface area contributed by atoms with Crippen molar-refractivity contribution in [3.63, 3.8) is 0 Å². The summed E-state index contributed by atoms with van der Waals surface area (Å²) in [5, 5.41) is 12.9. The Morgan fingerprint density at radius 2 is 2.33 bits per heavy atom. The topological polar surface area (TPSA) is 42.4 Å². The van der Waals surface area contributed by atoms with Crippen LogP contribution in [0.25, 0.3) is 0 Å². The number of hydrogen-bond acceptors (Lipinski definition) is 4. The zero-order chi connectivity index (χ0) is 12.7. The molecule has 94 valence electrons. The molecule has 1 aliphatic heterocycles. The Morgan fingerprint density at radius 3 is 3.06 bits per heavy atom. The van der Waals surface area contributed by atoms with Gasteiger partial charge in [0.05, 0.1) is 16.8 Å². The van der Waals surface area contributed by atoms with Gasteiger partial charge in [-0.25, -0.2) is 9.37 Å². The maximum Gasteiger partial charge on any atom is 0.144 e. The molecule has 0 amide bonds. The fraction of sp³-hybridized carbons (Fsp3) is 0.308. The molecule has 0 aliphatic carbocycles. The molecule has 2 aromatic rings. The van der Waals surface area contributed by atoms with E-state index in [0.717, 1.165) is 10.7 Å². The maximum absolute atomic E-state index is 13.2. The van der Waals surface area contributed by atoms with E-state index in [-0.39, 0.29) is 11.9 Å². The van der Waals surface area contributed by atoms with E-state index in [1.807, 2.05) is 12.3 Å². The maximum atomic E-state index is 13.2. The molecule has 18 heavy (non-hydrogen) atoms. The molecule has 0 fully saturated rings. The molecule has 1 N–H and O–H groups in total. The molecule has 0 bridgehead atoms. The van der Waals surface area contributed by atoms with Crippen LogP contribution in [0.3, 0.4) is 0 Å². The Kier molecular flexibility index (Phi) is 2.80. The Labute approximate surface area is 108 Å². The Hall–Kier alpha value is -1.46. The van der Waals surface area contributed by atoms with E-state index >= 15 is 0 Å². The van der Waals surface area contributed by atoms with Crippen molar-refractivity contribution in [2.75, 3.05) is 0 Å². The molecule has 3 nitrogen and oxygen atoms in total. The number of aliphatic hydroxyl groups excluding tert-OH is 1. The second-order valence-corrected chi connectivity index (χ2v) is 5.39. The average Bonchev–Trinajstić information content (AvgIpc) is 2.75. The number of thiazole rings is 1. The van der Waals surface area contributed by atoms with Gasteiger partial charge in [0.2, 0.25) is 0 Å². The molecular weight excluding hydrogens is 253 g/mol. The van der Waals surface area contributed by atoms with E-state index in [1.165, 1.54) is 23.5 Å². The molecule has 1 aromatic carbocycles. The zero-order valence-electron chi connectivity index (χ0n) is 9.76. The van der Waals surface area contributed by atoms with Crippen molar-refractivity contribution in [1.82, 2.24) is 4.98 Å². The van der Waals surface area contributed by atoms with Crippen LogP contribution in [0.4, 0.5) is 4.39 Å². The smallest absolute Gasteiger partial charge is 0.144 e. The number of ether oxygens (including phenoxy) is 1. The predicted octanol–water partition coefficient (Wildman–Crippen LogP) is 3.15. The van der Waals surface area contributed by atoms with Gasteiger partial charge in [-0.15, -0.1) is 11.3 Å². The van der Waals surface area contributed by atoms with E-state index < -0.39 is 6.10 Å². The second kappa shape index (κ2) is 4.33. The summed E-state index contributed by atoms with van der Waals surface area (Å²) >= 11 is 1.54. The van der Waals surface area contributed by atoms with E-state index in [2.05, 4.69) is 4.98 Å². The highest BCUT2D eigenvalue weighted by Gasteiger charge is 2.29. The van der Waals surface area contributed by atoms with Crippen molar-refractivity contribution in [1.29, 1.82) is 0 Å². The Balaban J connectivity index is 1.95. The molecule has 2 heterocycles. The van der Waals surface area contributed by atoms with Crippen LogP contribution in [-0.2, 0) is 0 Å². The van der Waals surface area contributed by atoms with Gasteiger partial charge < -0.3 is 9.84 Å². The number of rotatable bonds is 1. The molecule has 0 spiro atoms. The first-order valence-corrected chi connectivity index (χ1v) is 6.57. The lowest BCUT2D eigenvalue weighted by atomic mass is 9.98. The summed E-state index contributed by atoms with van der Waals surface area (Å²) in [5.74, 6) is 0.0421. The number of benzene rings is 1. The Bertz CT molecular complexity index is 584. The van der Waals surface area contributed by atoms with Crippen molar-refractivity contribution in [3.8, 4) is 5.75 Å². The number of aromatic nitrogens is 1. The molecular formula is C13H12FNO2S. The number of aryl methyl sites for hydroxylation is 1. The van der Waals surface area contributed by atoms with E-state index in [4.69, 9.17) is 4.74 Å². The normalized spacial score (nSPS) is 22.4. The standard InChI is InChI=1S/C13H12FNO2S/c1-7-15-10(6-18-7)13-5-11(16)9-3-2-8(14)4-12(9)17-13/h2-4,6,11,13,16H,5H2,1H3/t11-,13?/m1/s1. The van der Waals surface area contributed by atoms with Crippen LogP contribution in [0, 0.1) is 12.7 Å². The molecule has 1 aromatic heterocycles. The quantitative estimate of drug-likeness (QED) is 0.861. The van der Waals surface area contributed by atoms with Gasteiger partial charge in [0.25, 0.3) is 0 Å². The molecule has 1 unspecified atom stereocenters. The fourth-order valence-corrected chi connectivity index (χ4v) is 2.78. The van der Waals surface area contributed by atoms with Gasteiger partial charge in [-0.05, 0) is 19.1 Å². The summed E-state index contributed by atoms with van der Waals surface area (Å²) in [7, 11) is 0. The second-order valence-electron chi connectivity index (χ2n) is 4.33. The van der Waals surface area contributed by atoms with E-state index in [0.29, 0.717) is 17.7 Å². The first-order chi connectivity index (χ1) is 8.63. The molecule has 0 saturated carbocycles. The van der Waals surface area contributed by atoms with Crippen molar-refractivity contribution in [3.05, 3.63) is 45.7 Å². The van der Waals surface area contributed by atoms with Crippen molar-refractivity contribution < 1.29 is 14.2 Å². The van der Waals surface area contributed by atoms with Crippen molar-refractivity contribution in [2.45, 2.75) is 25.6 Å². The summed E-state index contributed by atoms with van der Waals surface area (Å²) in [6.07, 6.45) is -0.498. The van der Waals surface area contributed by atoms with E-state index in [1.54, 1.807) is 6.07 Å². The summed E-state index contributed by atoms with van der Waals surface area (Å²) < 4.78 is 18.9. The molecule has 3 rings (SSSR count). The predicted molar refractivity (Wildman–Crippen MR) is 66.2 cm³/mol. The van der Waals surface area contributed by atoms with Crippen LogP contribution in [0.5, 0.6) is 5.75 Å². The fourth-order valence-electron chi connectivity index (χ4n) is 2.13. The number of nitrogens with zero attached hydrogens (tertiary/aromatic N) is 1.